The van der Waals surface area contributed by atoms with Gasteiger partial charge in [-0.3, -0.25) is 0 Å². The van der Waals surface area contributed by atoms with Crippen molar-refractivity contribution in [2.45, 2.75) is 29.9 Å². The van der Waals surface area contributed by atoms with Gasteiger partial charge in [0.1, 0.15) is 0 Å². The number of thioether (sulfide) groups is 1. The lowest BCUT2D eigenvalue weighted by Gasteiger charge is -2.44. The van der Waals surface area contributed by atoms with Crippen LogP contribution in [0.2, 0.25) is 0 Å². The van der Waals surface area contributed by atoms with Gasteiger partial charge >= 0.3 is 0 Å². The van der Waals surface area contributed by atoms with Crippen LogP contribution in [0.5, 0.6) is 0 Å². The van der Waals surface area contributed by atoms with Crippen molar-refractivity contribution in [3.8, 4) is 0 Å². The molecule has 16 heavy (non-hydrogen) atoms. The Kier molecular flexibility index (Phi) is 2.95. The molecule has 0 saturated carbocycles. The minimum atomic E-state index is 0.837. The Morgan fingerprint density at radius 3 is 2.69 bits per heavy atom. The fourth-order valence-electron chi connectivity index (χ4n) is 2.91. The molecule has 3 heterocycles. The van der Waals surface area contributed by atoms with Crippen molar-refractivity contribution < 1.29 is 0 Å². The van der Waals surface area contributed by atoms with Crippen LogP contribution < -0.4 is 0 Å². The zero-order valence-electron chi connectivity index (χ0n) is 9.86. The molecule has 3 aliphatic rings. The molecule has 2 bridgehead atoms. The van der Waals surface area contributed by atoms with Crippen molar-refractivity contribution in [2.24, 2.45) is 5.92 Å². The first kappa shape index (κ1) is 10.7. The highest BCUT2D eigenvalue weighted by Crippen LogP contribution is 2.38. The maximum Gasteiger partial charge on any atom is 0.0251 e. The van der Waals surface area contributed by atoms with Gasteiger partial charge in [0.05, 0.1) is 0 Å². The molecule has 1 nitrogen and oxygen atoms in total. The van der Waals surface area contributed by atoms with Crippen LogP contribution in [0.4, 0.5) is 0 Å². The quantitative estimate of drug-likeness (QED) is 0.772. The van der Waals surface area contributed by atoms with Gasteiger partial charge in [-0.15, -0.1) is 11.8 Å². The first-order valence-corrected chi connectivity index (χ1v) is 7.15. The lowest BCUT2D eigenvalue weighted by molar-refractivity contribution is 0.118. The normalized spacial score (nSPS) is 32.9. The standard InChI is InChI=1S/C14H19NS/c1-11-3-2-4-13(9-11)16-14-10-15-7-5-12(14)6-8-15/h2-4,9,12,14H,5-8,10H2,1H3. The smallest absolute Gasteiger partial charge is 0.0251 e. The third-order valence-corrected chi connectivity index (χ3v) is 5.24. The summed E-state index contributed by atoms with van der Waals surface area (Å²) in [6.07, 6.45) is 2.84. The second-order valence-electron chi connectivity index (χ2n) is 5.11. The molecule has 0 radical (unpaired) electrons. The Bertz CT molecular complexity index is 369. The minimum Gasteiger partial charge on any atom is -0.302 e. The number of aryl methyl sites for hydroxylation is 1. The third kappa shape index (κ3) is 2.14. The molecule has 3 saturated heterocycles. The highest BCUT2D eigenvalue weighted by atomic mass is 32.2. The highest BCUT2D eigenvalue weighted by molar-refractivity contribution is 8.00. The van der Waals surface area contributed by atoms with Gasteiger partial charge in [-0.25, -0.2) is 0 Å². The van der Waals surface area contributed by atoms with E-state index in [4.69, 9.17) is 0 Å². The first-order chi connectivity index (χ1) is 7.81. The van der Waals surface area contributed by atoms with Crippen LogP contribution in [-0.4, -0.2) is 29.8 Å². The lowest BCUT2D eigenvalue weighted by Crippen LogP contribution is -2.48. The molecule has 0 aliphatic carbocycles. The van der Waals surface area contributed by atoms with Gasteiger partial charge in [0.15, 0.2) is 0 Å². The van der Waals surface area contributed by atoms with E-state index < -0.39 is 0 Å². The summed E-state index contributed by atoms with van der Waals surface area (Å²) >= 11 is 2.10. The van der Waals surface area contributed by atoms with Gasteiger partial charge in [-0.2, -0.15) is 0 Å². The average molecular weight is 233 g/mol. The number of piperidine rings is 3. The molecule has 3 fully saturated rings. The summed E-state index contributed by atoms with van der Waals surface area (Å²) in [5, 5.41) is 0.837. The maximum absolute atomic E-state index is 2.63. The molecule has 2 heteroatoms. The van der Waals surface area contributed by atoms with Crippen LogP contribution in [0.3, 0.4) is 0 Å². The number of hydrogen-bond acceptors (Lipinski definition) is 2. The fraction of sp³-hybridized carbons (Fsp3) is 0.571. The van der Waals surface area contributed by atoms with Crippen LogP contribution in [0.1, 0.15) is 18.4 Å². The Morgan fingerprint density at radius 2 is 2.06 bits per heavy atom. The van der Waals surface area contributed by atoms with Gasteiger partial charge in [-0.1, -0.05) is 17.7 Å². The van der Waals surface area contributed by atoms with E-state index in [2.05, 4.69) is 47.9 Å². The number of fused-ring (bicyclic) bond motifs is 3. The topological polar surface area (TPSA) is 3.24 Å². The zero-order chi connectivity index (χ0) is 11.0. The van der Waals surface area contributed by atoms with Gasteiger partial charge in [-0.05, 0) is 50.9 Å². The molecule has 3 aliphatic heterocycles. The van der Waals surface area contributed by atoms with Crippen LogP contribution >= 0.6 is 11.8 Å². The van der Waals surface area contributed by atoms with Crippen LogP contribution in [-0.2, 0) is 0 Å². The lowest BCUT2D eigenvalue weighted by atomic mass is 9.88. The predicted molar refractivity (Wildman–Crippen MR) is 70.0 cm³/mol. The molecule has 1 unspecified atom stereocenters. The summed E-state index contributed by atoms with van der Waals surface area (Å²) in [4.78, 5) is 4.09. The SMILES string of the molecule is Cc1cccc(SC2CN3CCC2CC3)c1. The van der Waals surface area contributed by atoms with Crippen LogP contribution in [0.15, 0.2) is 29.2 Å². The molecular weight excluding hydrogens is 214 g/mol. The molecule has 86 valence electrons. The predicted octanol–water partition coefficient (Wildman–Crippen LogP) is 3.18. The fourth-order valence-corrected chi connectivity index (χ4v) is 4.42. The van der Waals surface area contributed by atoms with E-state index in [1.54, 1.807) is 0 Å². The Labute approximate surface area is 102 Å². The van der Waals surface area contributed by atoms with E-state index in [-0.39, 0.29) is 0 Å². The average Bonchev–Trinajstić information content (AvgIpc) is 2.30. The second kappa shape index (κ2) is 4.42. The van der Waals surface area contributed by atoms with E-state index in [0.717, 1.165) is 11.2 Å². The van der Waals surface area contributed by atoms with Gasteiger partial charge in [0, 0.05) is 16.7 Å². The van der Waals surface area contributed by atoms with Gasteiger partial charge in [0.2, 0.25) is 0 Å². The largest absolute Gasteiger partial charge is 0.302 e. The van der Waals surface area contributed by atoms with E-state index in [9.17, 15) is 0 Å². The number of benzene rings is 1. The molecule has 1 atom stereocenters. The first-order valence-electron chi connectivity index (χ1n) is 6.27. The highest BCUT2D eigenvalue weighted by Gasteiger charge is 2.34. The number of rotatable bonds is 2. The summed E-state index contributed by atoms with van der Waals surface area (Å²) < 4.78 is 0. The van der Waals surface area contributed by atoms with E-state index in [1.807, 2.05) is 0 Å². The third-order valence-electron chi connectivity index (χ3n) is 3.87. The summed E-state index contributed by atoms with van der Waals surface area (Å²) in [5.74, 6) is 0.968. The second-order valence-corrected chi connectivity index (χ2v) is 6.42. The zero-order valence-corrected chi connectivity index (χ0v) is 10.7. The van der Waals surface area contributed by atoms with E-state index >= 15 is 0 Å². The van der Waals surface area contributed by atoms with Crippen LogP contribution in [0, 0.1) is 12.8 Å². The van der Waals surface area contributed by atoms with E-state index in [0.29, 0.717) is 0 Å². The Balaban J connectivity index is 1.71. The Hall–Kier alpha value is -0.470. The molecule has 0 N–H and O–H groups in total. The van der Waals surface area contributed by atoms with Gasteiger partial charge < -0.3 is 4.90 Å². The van der Waals surface area contributed by atoms with Crippen molar-refractivity contribution in [3.05, 3.63) is 29.8 Å². The van der Waals surface area contributed by atoms with Crippen molar-refractivity contribution in [1.29, 1.82) is 0 Å². The Morgan fingerprint density at radius 1 is 1.25 bits per heavy atom. The summed E-state index contributed by atoms with van der Waals surface area (Å²) in [7, 11) is 0. The summed E-state index contributed by atoms with van der Waals surface area (Å²) in [6, 6.07) is 8.94. The number of nitrogens with zero attached hydrogens (tertiary/aromatic N) is 1. The maximum atomic E-state index is 2.63. The van der Waals surface area contributed by atoms with Crippen molar-refractivity contribution in [3.63, 3.8) is 0 Å². The van der Waals surface area contributed by atoms with Crippen molar-refractivity contribution >= 4 is 11.8 Å². The molecule has 0 spiro atoms. The van der Waals surface area contributed by atoms with Gasteiger partial charge in [0.25, 0.3) is 0 Å². The van der Waals surface area contributed by atoms with Crippen LogP contribution in [0.25, 0.3) is 0 Å². The number of hydrogen-bond donors (Lipinski definition) is 0. The molecule has 1 aromatic carbocycles. The monoisotopic (exact) mass is 233 g/mol. The minimum absolute atomic E-state index is 0.837. The van der Waals surface area contributed by atoms with Crippen molar-refractivity contribution in [1.82, 2.24) is 4.90 Å². The molecule has 0 aromatic heterocycles. The van der Waals surface area contributed by atoms with Crippen molar-refractivity contribution in [2.75, 3.05) is 19.6 Å². The molecule has 0 amide bonds. The molecule has 1 aromatic rings. The molecule has 4 rings (SSSR count). The molecular formula is C14H19NS. The summed E-state index contributed by atoms with van der Waals surface area (Å²) in [6.45, 7) is 6.18. The van der Waals surface area contributed by atoms with E-state index in [1.165, 1.54) is 42.9 Å². The summed E-state index contributed by atoms with van der Waals surface area (Å²) in [5.41, 5.74) is 1.38.